The van der Waals surface area contributed by atoms with Crippen LogP contribution in [-0.4, -0.2) is 34.2 Å². The standard InChI is InChI=1S/C20H27FN2O3/c1-19(2,3)12-17(25)23(20(4,5)6)15-11-16(24)22(18(15)26)14-9-7-13(21)8-10-14/h7-10,15H,11-12H2,1-6H3. The molecule has 5 nitrogen and oxygen atoms in total. The van der Waals surface area contributed by atoms with Crippen LogP contribution in [0.2, 0.25) is 0 Å². The Morgan fingerprint density at radius 1 is 1.12 bits per heavy atom. The number of nitrogens with zero attached hydrogens (tertiary/aromatic N) is 2. The third-order valence-electron chi connectivity index (χ3n) is 4.19. The molecule has 0 saturated carbocycles. The molecule has 1 saturated heterocycles. The summed E-state index contributed by atoms with van der Waals surface area (Å²) in [6, 6.07) is 4.35. The predicted molar refractivity (Wildman–Crippen MR) is 98.0 cm³/mol. The lowest BCUT2D eigenvalue weighted by molar-refractivity contribution is -0.145. The first kappa shape index (κ1) is 20.1. The fourth-order valence-corrected chi connectivity index (χ4v) is 3.23. The number of carbonyl (C=O) groups excluding carboxylic acids is 3. The van der Waals surface area contributed by atoms with Crippen molar-refractivity contribution in [3.63, 3.8) is 0 Å². The van der Waals surface area contributed by atoms with Gasteiger partial charge in [0.1, 0.15) is 11.9 Å². The van der Waals surface area contributed by atoms with Crippen molar-refractivity contribution in [3.05, 3.63) is 30.1 Å². The second-order valence-corrected chi connectivity index (χ2v) is 8.94. The molecule has 1 atom stereocenters. The molecule has 2 rings (SSSR count). The van der Waals surface area contributed by atoms with Crippen LogP contribution in [0.3, 0.4) is 0 Å². The van der Waals surface area contributed by atoms with E-state index in [1.807, 2.05) is 41.5 Å². The highest BCUT2D eigenvalue weighted by Gasteiger charge is 2.47. The third-order valence-corrected chi connectivity index (χ3v) is 4.19. The number of imide groups is 1. The van der Waals surface area contributed by atoms with E-state index in [0.29, 0.717) is 5.69 Å². The number of anilines is 1. The summed E-state index contributed by atoms with van der Waals surface area (Å²) in [5.74, 6) is -1.43. The normalized spacial score (nSPS) is 18.4. The summed E-state index contributed by atoms with van der Waals surface area (Å²) in [5, 5.41) is 0. The van der Waals surface area contributed by atoms with Crippen molar-refractivity contribution in [2.75, 3.05) is 4.90 Å². The molecule has 1 fully saturated rings. The molecule has 0 N–H and O–H groups in total. The van der Waals surface area contributed by atoms with Gasteiger partial charge in [-0.3, -0.25) is 14.4 Å². The molecule has 0 aromatic heterocycles. The van der Waals surface area contributed by atoms with E-state index in [1.165, 1.54) is 29.2 Å². The minimum absolute atomic E-state index is 0.0661. The highest BCUT2D eigenvalue weighted by atomic mass is 19.1. The van der Waals surface area contributed by atoms with Gasteiger partial charge in [0.2, 0.25) is 11.8 Å². The molecule has 0 bridgehead atoms. The molecule has 1 aliphatic heterocycles. The molecule has 1 aromatic carbocycles. The van der Waals surface area contributed by atoms with Crippen molar-refractivity contribution < 1.29 is 18.8 Å². The molecule has 0 spiro atoms. The van der Waals surface area contributed by atoms with Crippen molar-refractivity contribution in [1.82, 2.24) is 4.90 Å². The van der Waals surface area contributed by atoms with E-state index in [1.54, 1.807) is 0 Å². The van der Waals surface area contributed by atoms with Crippen LogP contribution in [0.4, 0.5) is 10.1 Å². The first-order valence-electron chi connectivity index (χ1n) is 8.76. The molecule has 142 valence electrons. The van der Waals surface area contributed by atoms with Gasteiger partial charge in [0, 0.05) is 12.0 Å². The van der Waals surface area contributed by atoms with Gasteiger partial charge in [-0.05, 0) is 50.5 Å². The van der Waals surface area contributed by atoms with Crippen molar-refractivity contribution in [2.24, 2.45) is 5.41 Å². The molecule has 1 unspecified atom stereocenters. The highest BCUT2D eigenvalue weighted by Crippen LogP contribution is 2.32. The molecular weight excluding hydrogens is 335 g/mol. The van der Waals surface area contributed by atoms with Gasteiger partial charge in [-0.15, -0.1) is 0 Å². The van der Waals surface area contributed by atoms with Gasteiger partial charge in [0.05, 0.1) is 12.1 Å². The first-order valence-corrected chi connectivity index (χ1v) is 8.76. The summed E-state index contributed by atoms with van der Waals surface area (Å²) < 4.78 is 13.2. The van der Waals surface area contributed by atoms with E-state index < -0.39 is 23.3 Å². The molecule has 6 heteroatoms. The number of rotatable bonds is 3. The van der Waals surface area contributed by atoms with Crippen molar-refractivity contribution in [1.29, 1.82) is 0 Å². The van der Waals surface area contributed by atoms with Gasteiger partial charge in [-0.25, -0.2) is 9.29 Å². The van der Waals surface area contributed by atoms with E-state index in [-0.39, 0.29) is 30.1 Å². The molecule has 3 amide bonds. The number of amides is 3. The van der Waals surface area contributed by atoms with Crippen LogP contribution in [0.5, 0.6) is 0 Å². The lowest BCUT2D eigenvalue weighted by atomic mass is 9.89. The lowest BCUT2D eigenvalue weighted by Gasteiger charge is -2.40. The maximum absolute atomic E-state index is 13.2. The minimum atomic E-state index is -0.845. The predicted octanol–water partition coefficient (Wildman–Crippen LogP) is 3.52. The molecule has 0 radical (unpaired) electrons. The van der Waals surface area contributed by atoms with E-state index in [9.17, 15) is 18.8 Å². The van der Waals surface area contributed by atoms with Crippen LogP contribution >= 0.6 is 0 Å². The van der Waals surface area contributed by atoms with Crippen LogP contribution in [0.1, 0.15) is 54.4 Å². The zero-order valence-electron chi connectivity index (χ0n) is 16.3. The molecule has 1 aliphatic rings. The van der Waals surface area contributed by atoms with Crippen LogP contribution in [0.15, 0.2) is 24.3 Å². The summed E-state index contributed by atoms with van der Waals surface area (Å²) >= 11 is 0. The fraction of sp³-hybridized carbons (Fsp3) is 0.550. The molecule has 26 heavy (non-hydrogen) atoms. The maximum atomic E-state index is 13.2. The summed E-state index contributed by atoms with van der Waals surface area (Å²) in [6.07, 6.45) is 0.210. The average molecular weight is 362 g/mol. The number of carbonyl (C=O) groups is 3. The van der Waals surface area contributed by atoms with Gasteiger partial charge in [-0.2, -0.15) is 0 Å². The smallest absolute Gasteiger partial charge is 0.257 e. The molecule has 1 heterocycles. The van der Waals surface area contributed by atoms with Gasteiger partial charge >= 0.3 is 0 Å². The number of halogens is 1. The van der Waals surface area contributed by atoms with E-state index >= 15 is 0 Å². The molecule has 1 aromatic rings. The number of hydrogen-bond donors (Lipinski definition) is 0. The average Bonchev–Trinajstić information content (AvgIpc) is 2.72. The Bertz CT molecular complexity index is 714. The topological polar surface area (TPSA) is 57.7 Å². The van der Waals surface area contributed by atoms with Crippen LogP contribution < -0.4 is 4.90 Å². The van der Waals surface area contributed by atoms with Crippen molar-refractivity contribution >= 4 is 23.4 Å². The Balaban J connectivity index is 2.35. The van der Waals surface area contributed by atoms with Crippen LogP contribution in [0, 0.1) is 11.2 Å². The third kappa shape index (κ3) is 4.29. The number of benzene rings is 1. The van der Waals surface area contributed by atoms with Crippen molar-refractivity contribution in [2.45, 2.75) is 66.0 Å². The Morgan fingerprint density at radius 2 is 1.65 bits per heavy atom. The Kier molecular flexibility index (Phi) is 5.26. The van der Waals surface area contributed by atoms with E-state index in [0.717, 1.165) is 4.90 Å². The number of hydrogen-bond acceptors (Lipinski definition) is 3. The first-order chi connectivity index (χ1) is 11.8. The van der Waals surface area contributed by atoms with Gasteiger partial charge in [0.25, 0.3) is 5.91 Å². The quantitative estimate of drug-likeness (QED) is 0.773. The maximum Gasteiger partial charge on any atom is 0.257 e. The Labute approximate surface area is 154 Å². The SMILES string of the molecule is CC(C)(C)CC(=O)N(C1CC(=O)N(c2ccc(F)cc2)C1=O)C(C)(C)C. The molecule has 0 aliphatic carbocycles. The second kappa shape index (κ2) is 6.82. The fourth-order valence-electron chi connectivity index (χ4n) is 3.23. The van der Waals surface area contributed by atoms with Crippen LogP contribution in [0.25, 0.3) is 0 Å². The lowest BCUT2D eigenvalue weighted by Crippen LogP contribution is -2.55. The Hall–Kier alpha value is -2.24. The summed E-state index contributed by atoms with van der Waals surface area (Å²) in [6.45, 7) is 11.4. The Morgan fingerprint density at radius 3 is 2.12 bits per heavy atom. The summed E-state index contributed by atoms with van der Waals surface area (Å²) in [5.41, 5.74) is -0.522. The van der Waals surface area contributed by atoms with Crippen LogP contribution in [-0.2, 0) is 14.4 Å². The zero-order chi connectivity index (χ0) is 19.9. The highest BCUT2D eigenvalue weighted by molar-refractivity contribution is 6.23. The monoisotopic (exact) mass is 362 g/mol. The minimum Gasteiger partial charge on any atom is -0.325 e. The molecular formula is C20H27FN2O3. The second-order valence-electron chi connectivity index (χ2n) is 8.94. The zero-order valence-corrected chi connectivity index (χ0v) is 16.3. The van der Waals surface area contributed by atoms with Gasteiger partial charge < -0.3 is 4.90 Å². The van der Waals surface area contributed by atoms with Gasteiger partial charge in [-0.1, -0.05) is 20.8 Å². The van der Waals surface area contributed by atoms with Crippen molar-refractivity contribution in [3.8, 4) is 0 Å². The van der Waals surface area contributed by atoms with E-state index in [2.05, 4.69) is 0 Å². The van der Waals surface area contributed by atoms with Gasteiger partial charge in [0.15, 0.2) is 0 Å². The summed E-state index contributed by atoms with van der Waals surface area (Å²) in [7, 11) is 0. The van der Waals surface area contributed by atoms with E-state index in [4.69, 9.17) is 0 Å². The largest absolute Gasteiger partial charge is 0.325 e. The summed E-state index contributed by atoms with van der Waals surface area (Å²) in [4.78, 5) is 41.0.